The van der Waals surface area contributed by atoms with E-state index in [0.29, 0.717) is 62.3 Å². The van der Waals surface area contributed by atoms with Crippen molar-refractivity contribution in [2.75, 3.05) is 36.6 Å². The van der Waals surface area contributed by atoms with E-state index in [1.807, 2.05) is 62.5 Å². The highest BCUT2D eigenvalue weighted by Crippen LogP contribution is 2.60. The number of unbranched alkanes of at least 4 members (excludes halogenated alkanes) is 1. The second-order valence-electron chi connectivity index (χ2n) is 13.9. The number of benzene rings is 2. The monoisotopic (exact) mass is 663 g/mol. The van der Waals surface area contributed by atoms with Crippen LogP contribution in [0.2, 0.25) is 18.6 Å². The van der Waals surface area contributed by atoms with Crippen LogP contribution in [0.25, 0.3) is 0 Å². The number of aliphatic hydroxyl groups excluding tert-OH is 1. The van der Waals surface area contributed by atoms with Gasteiger partial charge < -0.3 is 34.1 Å². The first kappa shape index (κ1) is 33.3. The predicted octanol–water partition coefficient (Wildman–Crippen LogP) is 3.25. The maximum Gasteiger partial charge on any atom is 0.305 e. The number of nitrogens with zero attached hydrogens (tertiary/aromatic N) is 3. The number of hydrogen-bond donors (Lipinski definition) is 2. The molecule has 4 heterocycles. The smallest absolute Gasteiger partial charge is 0.305 e. The Morgan fingerprint density at radius 2 is 1.85 bits per heavy atom. The molecule has 0 bridgehead atoms. The van der Waals surface area contributed by atoms with E-state index in [1.54, 1.807) is 14.7 Å². The summed E-state index contributed by atoms with van der Waals surface area (Å²) in [6.07, 6.45) is 1.56. The number of esters is 1. The Bertz CT molecular complexity index is 1580. The summed E-state index contributed by atoms with van der Waals surface area (Å²) in [4.78, 5) is 69.7. The van der Waals surface area contributed by atoms with Gasteiger partial charge in [-0.2, -0.15) is 0 Å². The van der Waals surface area contributed by atoms with Gasteiger partial charge >= 0.3 is 5.97 Å². The third-order valence-electron chi connectivity index (χ3n) is 10.6. The lowest BCUT2D eigenvalue weighted by Gasteiger charge is -2.37. The molecule has 2 N–H and O–H groups in total. The minimum atomic E-state index is -3.04. The topological polar surface area (TPSA) is 137 Å². The highest BCUT2D eigenvalue weighted by molar-refractivity contribution is 6.71. The van der Waals surface area contributed by atoms with Gasteiger partial charge in [0, 0.05) is 55.2 Å². The molecule has 252 valence electrons. The summed E-state index contributed by atoms with van der Waals surface area (Å²) in [5.41, 5.74) is 2.22. The molecule has 11 nitrogen and oxygen atoms in total. The van der Waals surface area contributed by atoms with E-state index >= 15 is 0 Å². The number of rotatable bonds is 10. The first-order valence-electron chi connectivity index (χ1n) is 16.6. The molecule has 0 aromatic heterocycles. The van der Waals surface area contributed by atoms with E-state index < -0.39 is 31.5 Å². The number of carbonyl (C=O) groups is 4. The van der Waals surface area contributed by atoms with E-state index in [2.05, 4.69) is 0 Å². The normalized spacial score (nSPS) is 26.8. The van der Waals surface area contributed by atoms with Gasteiger partial charge in [0.1, 0.15) is 0 Å². The van der Waals surface area contributed by atoms with Crippen LogP contribution in [0.3, 0.4) is 0 Å². The highest BCUT2D eigenvalue weighted by atomic mass is 28.4. The van der Waals surface area contributed by atoms with Gasteiger partial charge in [0.2, 0.25) is 11.8 Å². The molecule has 6 rings (SSSR count). The van der Waals surface area contributed by atoms with Crippen LogP contribution < -0.4 is 9.80 Å². The van der Waals surface area contributed by atoms with Crippen LogP contribution in [0.4, 0.5) is 11.4 Å². The quantitative estimate of drug-likeness (QED) is 0.171. The fourth-order valence-electron chi connectivity index (χ4n) is 8.22. The number of anilines is 2. The zero-order chi connectivity index (χ0) is 33.7. The second kappa shape index (κ2) is 12.8. The van der Waals surface area contributed by atoms with Crippen molar-refractivity contribution in [2.45, 2.75) is 88.4 Å². The number of fused-ring (bicyclic) bond motifs is 3. The lowest BCUT2D eigenvalue weighted by Crippen LogP contribution is -2.48. The van der Waals surface area contributed by atoms with Crippen LogP contribution in [-0.4, -0.2) is 85.8 Å². The molecular formula is C35H45N3O8Si. The summed E-state index contributed by atoms with van der Waals surface area (Å²) in [5.74, 6) is -1.23. The molecule has 47 heavy (non-hydrogen) atoms. The molecular weight excluding hydrogens is 618 g/mol. The molecule has 3 amide bonds. The van der Waals surface area contributed by atoms with Crippen LogP contribution in [0, 0.1) is 5.92 Å². The number of methoxy groups -OCH3 is 1. The summed E-state index contributed by atoms with van der Waals surface area (Å²) in [6.45, 7) is 6.70. The first-order valence-corrected chi connectivity index (χ1v) is 19.6. The fourth-order valence-corrected chi connectivity index (χ4v) is 10.8. The minimum absolute atomic E-state index is 0.00942. The zero-order valence-corrected chi connectivity index (χ0v) is 28.6. The van der Waals surface area contributed by atoms with Crippen molar-refractivity contribution in [3.05, 3.63) is 59.2 Å². The van der Waals surface area contributed by atoms with Crippen LogP contribution in [0.5, 0.6) is 0 Å². The van der Waals surface area contributed by atoms with Gasteiger partial charge in [-0.25, -0.2) is 0 Å². The van der Waals surface area contributed by atoms with Gasteiger partial charge in [0.05, 0.1) is 38.0 Å². The molecule has 4 aliphatic rings. The zero-order valence-electron chi connectivity index (χ0n) is 27.6. The Morgan fingerprint density at radius 1 is 1.11 bits per heavy atom. The molecule has 0 saturated carbocycles. The van der Waals surface area contributed by atoms with Crippen molar-refractivity contribution in [1.29, 1.82) is 0 Å². The van der Waals surface area contributed by atoms with E-state index in [9.17, 15) is 29.1 Å². The van der Waals surface area contributed by atoms with Crippen molar-refractivity contribution in [1.82, 2.24) is 4.90 Å². The molecule has 2 aromatic carbocycles. The van der Waals surface area contributed by atoms with Crippen molar-refractivity contribution >= 4 is 43.4 Å². The largest absolute Gasteiger partial charge is 0.469 e. The predicted molar refractivity (Wildman–Crippen MR) is 177 cm³/mol. The van der Waals surface area contributed by atoms with Crippen LogP contribution in [0.1, 0.15) is 55.7 Å². The SMILES string of the molecule is COC(=O)CCCCN1C(=O)[C@]2(O[C@H](CC(=O)N3Cc4ccccc4C[C@H]3CO)[C@@H]([Si](C)(C)O)[C@@H]2C)c2cc(N3CCC3=O)ccc21. The van der Waals surface area contributed by atoms with Gasteiger partial charge in [-0.15, -0.1) is 0 Å². The number of carbonyl (C=O) groups excluding carboxylic acids is 4. The summed E-state index contributed by atoms with van der Waals surface area (Å²) in [7, 11) is -1.69. The molecule has 0 unspecified atom stereocenters. The molecule has 5 atom stereocenters. The Hall–Kier alpha value is -3.58. The van der Waals surface area contributed by atoms with E-state index in [1.165, 1.54) is 7.11 Å². The molecule has 12 heteroatoms. The first-order chi connectivity index (χ1) is 22.4. The van der Waals surface area contributed by atoms with E-state index in [-0.39, 0.29) is 49.2 Å². The van der Waals surface area contributed by atoms with Gasteiger partial charge in [-0.3, -0.25) is 19.2 Å². The molecule has 0 aliphatic carbocycles. The molecule has 2 saturated heterocycles. The van der Waals surface area contributed by atoms with E-state index in [4.69, 9.17) is 9.47 Å². The van der Waals surface area contributed by atoms with Crippen LogP contribution >= 0.6 is 0 Å². The van der Waals surface area contributed by atoms with Crippen molar-refractivity contribution in [3.63, 3.8) is 0 Å². The highest BCUT2D eigenvalue weighted by Gasteiger charge is 2.66. The number of aliphatic hydroxyl groups is 1. The lowest BCUT2D eigenvalue weighted by atomic mass is 9.82. The van der Waals surface area contributed by atoms with Crippen molar-refractivity contribution in [3.8, 4) is 0 Å². The number of hydrogen-bond acceptors (Lipinski definition) is 8. The Morgan fingerprint density at radius 3 is 2.49 bits per heavy atom. The summed E-state index contributed by atoms with van der Waals surface area (Å²) < 4.78 is 11.7. The second-order valence-corrected chi connectivity index (χ2v) is 17.9. The third-order valence-corrected chi connectivity index (χ3v) is 13.1. The van der Waals surface area contributed by atoms with Crippen LogP contribution in [0.15, 0.2) is 42.5 Å². The summed E-state index contributed by atoms with van der Waals surface area (Å²) in [5, 5.41) is 10.2. The minimum Gasteiger partial charge on any atom is -0.469 e. The molecule has 4 aliphatic heterocycles. The average molecular weight is 664 g/mol. The third kappa shape index (κ3) is 5.79. The summed E-state index contributed by atoms with van der Waals surface area (Å²) in [6, 6.07) is 13.1. The fraction of sp³-hybridized carbons (Fsp3) is 0.543. The number of β-lactam (4-membered cyclic amide) rings is 1. The Kier molecular flexibility index (Phi) is 9.07. The average Bonchev–Trinajstić information content (AvgIpc) is 3.47. The van der Waals surface area contributed by atoms with Gasteiger partial charge in [-0.1, -0.05) is 31.2 Å². The van der Waals surface area contributed by atoms with E-state index in [0.717, 1.165) is 11.1 Å². The molecule has 2 aromatic rings. The van der Waals surface area contributed by atoms with Crippen molar-refractivity contribution < 1.29 is 38.6 Å². The molecule has 1 spiro atoms. The van der Waals surface area contributed by atoms with Crippen molar-refractivity contribution in [2.24, 2.45) is 5.92 Å². The number of amides is 3. The van der Waals surface area contributed by atoms with Gasteiger partial charge in [0.15, 0.2) is 13.9 Å². The van der Waals surface area contributed by atoms with Gasteiger partial charge in [-0.05, 0) is 61.7 Å². The summed E-state index contributed by atoms with van der Waals surface area (Å²) >= 11 is 0. The standard InChI is InChI=1S/C35H45N3O8Si/c1-22-33(47(3,4)44)29(19-31(41)38-20-24-10-6-5-9-23(24)17-26(38)21-39)46-35(22)27-18-25(36-16-14-30(36)40)12-13-28(27)37(34(35)43)15-8-7-11-32(42)45-2/h5-6,9-10,12-13,18,22,26,29,33,39,44H,7-8,11,14-17,19-21H2,1-4H3/t22-,26-,29+,33-,35+/m0/s1. The van der Waals surface area contributed by atoms with Crippen LogP contribution in [-0.2, 0) is 47.2 Å². The molecule has 0 radical (unpaired) electrons. The number of ether oxygens (including phenoxy) is 2. The Labute approximate surface area is 276 Å². The Balaban J connectivity index is 1.34. The lowest BCUT2D eigenvalue weighted by molar-refractivity contribution is -0.151. The maximum atomic E-state index is 14.7. The van der Waals surface area contributed by atoms with Gasteiger partial charge in [0.25, 0.3) is 5.91 Å². The maximum absolute atomic E-state index is 14.7. The molecule has 2 fully saturated rings.